The molecule has 0 aromatic carbocycles. The lowest BCUT2D eigenvalue weighted by Gasteiger charge is -2.18. The number of carbonyl (C=O) groups is 3. The third-order valence-electron chi connectivity index (χ3n) is 9.35. The largest absolute Gasteiger partial charge is 0.462 e. The topological polar surface area (TPSA) is 78.9 Å². The lowest BCUT2D eigenvalue weighted by atomic mass is 10.0. The van der Waals surface area contributed by atoms with Crippen LogP contribution in [0.5, 0.6) is 0 Å². The summed E-state index contributed by atoms with van der Waals surface area (Å²) in [6, 6.07) is 0. The molecule has 54 heavy (non-hydrogen) atoms. The number of rotatable bonds is 39. The van der Waals surface area contributed by atoms with Gasteiger partial charge in [0.2, 0.25) is 0 Å². The van der Waals surface area contributed by atoms with Gasteiger partial charge in [-0.1, -0.05) is 191 Å². The molecular weight excluding hydrogens is 673 g/mol. The van der Waals surface area contributed by atoms with Crippen molar-refractivity contribution in [2.45, 2.75) is 213 Å². The predicted octanol–water partition coefficient (Wildman–Crippen LogP) is 14.1. The Hall–Kier alpha value is -2.89. The zero-order valence-electron chi connectivity index (χ0n) is 35.2. The van der Waals surface area contributed by atoms with Gasteiger partial charge in [0, 0.05) is 19.3 Å². The first-order chi connectivity index (χ1) is 26.5. The van der Waals surface area contributed by atoms with Crippen molar-refractivity contribution < 1.29 is 28.6 Å². The van der Waals surface area contributed by atoms with Crippen LogP contribution in [-0.4, -0.2) is 37.2 Å². The van der Waals surface area contributed by atoms with Gasteiger partial charge in [0.25, 0.3) is 0 Å². The minimum Gasteiger partial charge on any atom is -0.462 e. The Bertz CT molecular complexity index is 1010. The van der Waals surface area contributed by atoms with Crippen molar-refractivity contribution in [2.24, 2.45) is 0 Å². The van der Waals surface area contributed by atoms with Gasteiger partial charge >= 0.3 is 17.9 Å². The summed E-state index contributed by atoms with van der Waals surface area (Å²) >= 11 is 0. The molecule has 6 nitrogen and oxygen atoms in total. The fraction of sp³-hybridized carbons (Fsp3) is 0.729. The van der Waals surface area contributed by atoms with Crippen molar-refractivity contribution in [1.29, 1.82) is 0 Å². The molecule has 0 aliphatic carbocycles. The van der Waals surface area contributed by atoms with E-state index in [1.807, 2.05) is 0 Å². The number of allylic oxidation sites excluding steroid dienone is 10. The highest BCUT2D eigenvalue weighted by molar-refractivity contribution is 5.71. The molecule has 0 rings (SSSR count). The molecule has 310 valence electrons. The van der Waals surface area contributed by atoms with Crippen LogP contribution < -0.4 is 0 Å². The van der Waals surface area contributed by atoms with E-state index >= 15 is 0 Å². The molecule has 0 aromatic heterocycles. The molecule has 0 amide bonds. The number of esters is 3. The van der Waals surface area contributed by atoms with Crippen LogP contribution in [0.25, 0.3) is 0 Å². The van der Waals surface area contributed by atoms with E-state index in [1.54, 1.807) is 0 Å². The molecule has 1 atom stereocenters. The summed E-state index contributed by atoms with van der Waals surface area (Å²) in [5.74, 6) is -0.943. The highest BCUT2D eigenvalue weighted by atomic mass is 16.6. The zero-order valence-corrected chi connectivity index (χ0v) is 35.2. The Kier molecular flexibility index (Phi) is 40.6. The predicted molar refractivity (Wildman–Crippen MR) is 228 cm³/mol. The summed E-state index contributed by atoms with van der Waals surface area (Å²) in [6.45, 7) is 6.39. The van der Waals surface area contributed by atoms with Crippen LogP contribution in [0.4, 0.5) is 0 Å². The molecule has 0 heterocycles. The molecule has 0 bridgehead atoms. The molecule has 0 fully saturated rings. The number of hydrogen-bond acceptors (Lipinski definition) is 6. The van der Waals surface area contributed by atoms with E-state index < -0.39 is 6.10 Å². The molecule has 0 N–H and O–H groups in total. The van der Waals surface area contributed by atoms with Crippen LogP contribution in [0, 0.1) is 0 Å². The number of ether oxygens (including phenoxy) is 3. The maximum atomic E-state index is 12.7. The summed E-state index contributed by atoms with van der Waals surface area (Å²) in [6.07, 6.45) is 50.6. The average molecular weight is 755 g/mol. The number of hydrogen-bond donors (Lipinski definition) is 0. The molecule has 6 heteroatoms. The third-order valence-corrected chi connectivity index (χ3v) is 9.35. The van der Waals surface area contributed by atoms with E-state index in [-0.39, 0.29) is 31.1 Å². The highest BCUT2D eigenvalue weighted by Gasteiger charge is 2.19. The molecular formula is C48H82O6. The summed E-state index contributed by atoms with van der Waals surface area (Å²) in [4.78, 5) is 37.7. The smallest absolute Gasteiger partial charge is 0.306 e. The fourth-order valence-electron chi connectivity index (χ4n) is 5.95. The first kappa shape index (κ1) is 51.1. The molecule has 1 unspecified atom stereocenters. The van der Waals surface area contributed by atoms with Gasteiger partial charge in [0.05, 0.1) is 0 Å². The first-order valence-corrected chi connectivity index (χ1v) is 22.3. The highest BCUT2D eigenvalue weighted by Crippen LogP contribution is 2.14. The van der Waals surface area contributed by atoms with Crippen molar-refractivity contribution in [3.05, 3.63) is 60.8 Å². The first-order valence-electron chi connectivity index (χ1n) is 22.3. The summed E-state index contributed by atoms with van der Waals surface area (Å²) in [5, 5.41) is 0. The van der Waals surface area contributed by atoms with Gasteiger partial charge in [-0.25, -0.2) is 0 Å². The van der Waals surface area contributed by atoms with Crippen molar-refractivity contribution in [2.75, 3.05) is 13.2 Å². The van der Waals surface area contributed by atoms with Crippen LogP contribution in [0.15, 0.2) is 60.8 Å². The van der Waals surface area contributed by atoms with E-state index in [2.05, 4.69) is 81.5 Å². The summed E-state index contributed by atoms with van der Waals surface area (Å²) in [7, 11) is 0. The maximum absolute atomic E-state index is 12.7. The molecule has 0 aliphatic heterocycles. The van der Waals surface area contributed by atoms with Crippen molar-refractivity contribution in [1.82, 2.24) is 0 Å². The minimum absolute atomic E-state index is 0.0927. The van der Waals surface area contributed by atoms with Gasteiger partial charge in [-0.05, 0) is 57.8 Å². The Morgan fingerprint density at radius 2 is 0.741 bits per heavy atom. The van der Waals surface area contributed by atoms with Gasteiger partial charge in [-0.3, -0.25) is 14.4 Å². The van der Waals surface area contributed by atoms with E-state index in [9.17, 15) is 14.4 Å². The average Bonchev–Trinajstić information content (AvgIpc) is 3.17. The van der Waals surface area contributed by atoms with Crippen LogP contribution >= 0.6 is 0 Å². The second-order valence-corrected chi connectivity index (χ2v) is 14.7. The van der Waals surface area contributed by atoms with Gasteiger partial charge in [-0.15, -0.1) is 0 Å². The van der Waals surface area contributed by atoms with Gasteiger partial charge in [-0.2, -0.15) is 0 Å². The molecule has 0 saturated carbocycles. The van der Waals surface area contributed by atoms with Gasteiger partial charge in [0.15, 0.2) is 6.10 Å². The molecule has 0 radical (unpaired) electrons. The van der Waals surface area contributed by atoms with Crippen molar-refractivity contribution >= 4 is 17.9 Å². The quantitative estimate of drug-likeness (QED) is 0.0269. The van der Waals surface area contributed by atoms with Crippen molar-refractivity contribution in [3.63, 3.8) is 0 Å². The minimum atomic E-state index is -0.788. The van der Waals surface area contributed by atoms with Crippen LogP contribution in [0.3, 0.4) is 0 Å². The number of unbranched alkanes of at least 4 members (excludes halogenated alkanes) is 21. The maximum Gasteiger partial charge on any atom is 0.306 e. The van der Waals surface area contributed by atoms with E-state index in [4.69, 9.17) is 14.2 Å². The summed E-state index contributed by atoms with van der Waals surface area (Å²) in [5.41, 5.74) is 0. The van der Waals surface area contributed by atoms with Gasteiger partial charge in [0.1, 0.15) is 13.2 Å². The molecule has 0 spiro atoms. The van der Waals surface area contributed by atoms with E-state index in [1.165, 1.54) is 70.6 Å². The normalized spacial score (nSPS) is 12.6. The Labute approximate surface area is 332 Å². The van der Waals surface area contributed by atoms with Crippen molar-refractivity contribution in [3.8, 4) is 0 Å². The van der Waals surface area contributed by atoms with E-state index in [0.717, 1.165) is 96.3 Å². The third kappa shape index (κ3) is 40.3. The van der Waals surface area contributed by atoms with Gasteiger partial charge < -0.3 is 14.2 Å². The number of carbonyl (C=O) groups excluding carboxylic acids is 3. The SMILES string of the molecule is CC\C=C/C=C\C=C/CCCCCCCC(=O)OCC(COC(=O)CCCCC/C=C\C=C/CCCC)OC(=O)CCCCCCCCCCCCCC. The standard InChI is InChI=1S/C48H82O6/c1-4-7-10-13-16-19-22-24-27-29-32-35-38-41-47(50)53-44-45(43-52-46(49)40-37-34-31-28-25-21-18-15-12-9-6-3)54-48(51)42-39-36-33-30-26-23-20-17-14-11-8-5-2/h7,10,13,15-16,18-19,21-22,25,45H,4-6,8-9,11-12,14,17,20,23-24,26-44H2,1-3H3/b10-7-,16-13-,18-15-,22-19-,25-21-. The van der Waals surface area contributed by atoms with E-state index in [0.29, 0.717) is 19.3 Å². The Morgan fingerprint density at radius 3 is 1.20 bits per heavy atom. The Morgan fingerprint density at radius 1 is 0.389 bits per heavy atom. The lowest BCUT2D eigenvalue weighted by molar-refractivity contribution is -0.167. The fourth-order valence-corrected chi connectivity index (χ4v) is 5.95. The van der Waals surface area contributed by atoms with Crippen LogP contribution in [0.1, 0.15) is 207 Å². The summed E-state index contributed by atoms with van der Waals surface area (Å²) < 4.78 is 16.6. The Balaban J connectivity index is 4.44. The van der Waals surface area contributed by atoms with Crippen LogP contribution in [0.2, 0.25) is 0 Å². The molecule has 0 saturated heterocycles. The zero-order chi connectivity index (χ0) is 39.4. The monoisotopic (exact) mass is 755 g/mol. The molecule has 0 aliphatic rings. The lowest BCUT2D eigenvalue weighted by Crippen LogP contribution is -2.30. The van der Waals surface area contributed by atoms with Crippen LogP contribution in [-0.2, 0) is 28.6 Å². The molecule has 0 aromatic rings. The second kappa shape index (κ2) is 42.8. The second-order valence-electron chi connectivity index (χ2n) is 14.7.